The van der Waals surface area contributed by atoms with Crippen molar-refractivity contribution in [3.63, 3.8) is 0 Å². The van der Waals surface area contributed by atoms with Crippen molar-refractivity contribution in [2.24, 2.45) is 0 Å². The summed E-state index contributed by atoms with van der Waals surface area (Å²) in [4.78, 5) is 36.8. The van der Waals surface area contributed by atoms with Crippen molar-refractivity contribution in [1.82, 2.24) is 10.9 Å². The molecular weight excluding hydrogens is 534 g/mol. The number of carbonyl (C=O) groups excluding carboxylic acids is 3. The van der Waals surface area contributed by atoms with Crippen molar-refractivity contribution < 1.29 is 19.1 Å². The molecule has 3 N–H and O–H groups in total. The van der Waals surface area contributed by atoms with E-state index in [9.17, 15) is 14.4 Å². The van der Waals surface area contributed by atoms with Gasteiger partial charge >= 0.3 is 0 Å². The van der Waals surface area contributed by atoms with Gasteiger partial charge < -0.3 is 10.1 Å². The van der Waals surface area contributed by atoms with Gasteiger partial charge in [-0.1, -0.05) is 44.5 Å². The number of hydrazine groups is 1. The molecule has 0 saturated carbocycles. The van der Waals surface area contributed by atoms with Gasteiger partial charge in [0.15, 0.2) is 6.61 Å². The van der Waals surface area contributed by atoms with Gasteiger partial charge in [-0.05, 0) is 81.5 Å². The maximum atomic E-state index is 12.5. The number of hydrogen-bond donors (Lipinski definition) is 3. The zero-order chi connectivity index (χ0) is 25.6. The zero-order valence-electron chi connectivity index (χ0n) is 19.4. The molecule has 0 fully saturated rings. The van der Waals surface area contributed by atoms with Gasteiger partial charge in [-0.2, -0.15) is 0 Å². The van der Waals surface area contributed by atoms with E-state index in [1.807, 2.05) is 12.1 Å². The molecule has 3 aromatic rings. The predicted molar refractivity (Wildman–Crippen MR) is 140 cm³/mol. The van der Waals surface area contributed by atoms with Crippen LogP contribution in [0.2, 0.25) is 5.02 Å². The highest BCUT2D eigenvalue weighted by Crippen LogP contribution is 2.27. The molecule has 3 rings (SSSR count). The van der Waals surface area contributed by atoms with E-state index in [0.29, 0.717) is 32.1 Å². The number of rotatable bonds is 6. The number of ether oxygens (including phenoxy) is 1. The first-order valence-electron chi connectivity index (χ1n) is 10.7. The second-order valence-electron chi connectivity index (χ2n) is 8.72. The molecule has 0 saturated heterocycles. The molecule has 0 bridgehead atoms. The van der Waals surface area contributed by atoms with Crippen LogP contribution in [-0.4, -0.2) is 24.3 Å². The minimum atomic E-state index is -0.540. The molecule has 7 nitrogen and oxygen atoms in total. The smallest absolute Gasteiger partial charge is 0.276 e. The molecule has 0 radical (unpaired) electrons. The summed E-state index contributed by atoms with van der Waals surface area (Å²) in [5, 5.41) is 3.33. The largest absolute Gasteiger partial charge is 0.483 e. The minimum absolute atomic E-state index is 0.00571. The summed E-state index contributed by atoms with van der Waals surface area (Å²) in [5.74, 6) is -0.857. The lowest BCUT2D eigenvalue weighted by Gasteiger charge is -2.19. The first-order chi connectivity index (χ1) is 16.5. The van der Waals surface area contributed by atoms with Gasteiger partial charge in [-0.15, -0.1) is 0 Å². The van der Waals surface area contributed by atoms with Crippen molar-refractivity contribution in [3.8, 4) is 5.75 Å². The van der Waals surface area contributed by atoms with E-state index in [4.69, 9.17) is 16.3 Å². The van der Waals surface area contributed by atoms with Crippen molar-refractivity contribution >= 4 is 50.9 Å². The summed E-state index contributed by atoms with van der Waals surface area (Å²) < 4.78 is 6.00. The molecule has 3 aromatic carbocycles. The molecule has 182 valence electrons. The van der Waals surface area contributed by atoms with Crippen LogP contribution in [0.25, 0.3) is 0 Å². The second kappa shape index (κ2) is 11.4. The van der Waals surface area contributed by atoms with Crippen LogP contribution in [0.3, 0.4) is 0 Å². The van der Waals surface area contributed by atoms with Crippen molar-refractivity contribution in [1.29, 1.82) is 0 Å². The Balaban J connectivity index is 1.48. The lowest BCUT2D eigenvalue weighted by Crippen LogP contribution is -2.43. The Hall–Kier alpha value is -3.36. The number of hydrogen-bond acceptors (Lipinski definition) is 4. The molecule has 0 unspecified atom stereocenters. The third kappa shape index (κ3) is 7.56. The first-order valence-corrected chi connectivity index (χ1v) is 11.9. The Morgan fingerprint density at radius 3 is 2.06 bits per heavy atom. The van der Waals surface area contributed by atoms with E-state index in [-0.39, 0.29) is 17.9 Å². The molecule has 0 aliphatic rings. The molecule has 35 heavy (non-hydrogen) atoms. The fraction of sp³-hybridized carbons (Fsp3) is 0.192. The highest BCUT2D eigenvalue weighted by molar-refractivity contribution is 9.10. The van der Waals surface area contributed by atoms with Crippen LogP contribution < -0.4 is 20.9 Å². The quantitative estimate of drug-likeness (QED) is 0.349. The van der Waals surface area contributed by atoms with Gasteiger partial charge in [0.25, 0.3) is 17.7 Å². The maximum Gasteiger partial charge on any atom is 0.276 e. The Morgan fingerprint density at radius 1 is 0.857 bits per heavy atom. The summed E-state index contributed by atoms with van der Waals surface area (Å²) in [7, 11) is 0. The normalized spacial score (nSPS) is 10.9. The SMILES string of the molecule is CC(C)(C)c1ccc(C(=O)Nc2ccc(C(=O)NNC(=O)COc3ccc(Cl)cc3Br)cc2)cc1. The number of anilines is 1. The lowest BCUT2D eigenvalue weighted by atomic mass is 9.87. The molecular formula is C26H25BrClN3O4. The van der Waals surface area contributed by atoms with Gasteiger partial charge in [-0.25, -0.2) is 0 Å². The molecule has 0 aromatic heterocycles. The Bertz CT molecular complexity index is 1220. The topological polar surface area (TPSA) is 96.5 Å². The maximum absolute atomic E-state index is 12.5. The molecule has 0 heterocycles. The fourth-order valence-electron chi connectivity index (χ4n) is 3.00. The lowest BCUT2D eigenvalue weighted by molar-refractivity contribution is -0.123. The Kier molecular flexibility index (Phi) is 8.53. The van der Waals surface area contributed by atoms with Crippen LogP contribution in [0, 0.1) is 0 Å². The van der Waals surface area contributed by atoms with Crippen LogP contribution >= 0.6 is 27.5 Å². The number of amides is 3. The summed E-state index contributed by atoms with van der Waals surface area (Å²) in [5.41, 5.74) is 7.14. The van der Waals surface area contributed by atoms with Crippen molar-refractivity contribution in [3.05, 3.63) is 92.9 Å². The van der Waals surface area contributed by atoms with E-state index < -0.39 is 11.8 Å². The van der Waals surface area contributed by atoms with Gasteiger partial charge in [-0.3, -0.25) is 25.2 Å². The predicted octanol–water partition coefficient (Wildman–Crippen LogP) is 5.49. The number of carbonyl (C=O) groups is 3. The molecule has 0 atom stereocenters. The third-order valence-corrected chi connectivity index (χ3v) is 5.84. The van der Waals surface area contributed by atoms with E-state index in [0.717, 1.165) is 5.56 Å². The Morgan fingerprint density at radius 2 is 1.46 bits per heavy atom. The summed E-state index contributed by atoms with van der Waals surface area (Å²) in [6.45, 7) is 6.03. The van der Waals surface area contributed by atoms with E-state index in [2.05, 4.69) is 52.9 Å². The third-order valence-electron chi connectivity index (χ3n) is 4.99. The highest BCUT2D eigenvalue weighted by atomic mass is 79.9. The molecule has 3 amide bonds. The number of nitrogens with one attached hydrogen (secondary N) is 3. The molecule has 0 aliphatic carbocycles. The zero-order valence-corrected chi connectivity index (χ0v) is 21.8. The minimum Gasteiger partial charge on any atom is -0.483 e. The van der Waals surface area contributed by atoms with Crippen LogP contribution in [0.4, 0.5) is 5.69 Å². The average Bonchev–Trinajstić information content (AvgIpc) is 2.82. The number of halogens is 2. The van der Waals surface area contributed by atoms with E-state index in [1.165, 1.54) is 0 Å². The van der Waals surface area contributed by atoms with Gasteiger partial charge in [0.2, 0.25) is 0 Å². The van der Waals surface area contributed by atoms with Crippen LogP contribution in [0.1, 0.15) is 47.1 Å². The first kappa shape index (κ1) is 26.2. The monoisotopic (exact) mass is 557 g/mol. The van der Waals surface area contributed by atoms with Crippen LogP contribution in [0.15, 0.2) is 71.2 Å². The molecule has 0 spiro atoms. The molecule has 0 aliphatic heterocycles. The van der Waals surface area contributed by atoms with Crippen LogP contribution in [0.5, 0.6) is 5.75 Å². The average molecular weight is 559 g/mol. The molecule has 9 heteroatoms. The summed E-state index contributed by atoms with van der Waals surface area (Å²) >= 11 is 9.17. The summed E-state index contributed by atoms with van der Waals surface area (Å²) in [6.07, 6.45) is 0. The number of benzene rings is 3. The van der Waals surface area contributed by atoms with E-state index in [1.54, 1.807) is 54.6 Å². The highest BCUT2D eigenvalue weighted by Gasteiger charge is 2.15. The second-order valence-corrected chi connectivity index (χ2v) is 10.0. The standard InChI is InChI=1S/C26H25BrClN3O4/c1-26(2,3)18-8-4-16(5-9-18)24(33)29-20-11-6-17(7-12-20)25(34)31-30-23(32)15-35-22-13-10-19(28)14-21(22)27/h4-14H,15H2,1-3H3,(H,29,33)(H,30,32)(H,31,34). The van der Waals surface area contributed by atoms with E-state index >= 15 is 0 Å². The van der Waals surface area contributed by atoms with Gasteiger partial charge in [0.05, 0.1) is 4.47 Å². The van der Waals surface area contributed by atoms with Gasteiger partial charge in [0, 0.05) is 21.8 Å². The van der Waals surface area contributed by atoms with Crippen LogP contribution in [-0.2, 0) is 10.2 Å². The Labute approximate surface area is 217 Å². The summed E-state index contributed by atoms with van der Waals surface area (Å²) in [6, 6.07) is 18.7. The van der Waals surface area contributed by atoms with Crippen molar-refractivity contribution in [2.75, 3.05) is 11.9 Å². The van der Waals surface area contributed by atoms with Gasteiger partial charge in [0.1, 0.15) is 5.75 Å². The fourth-order valence-corrected chi connectivity index (χ4v) is 3.80. The van der Waals surface area contributed by atoms with Crippen molar-refractivity contribution in [2.45, 2.75) is 26.2 Å².